The maximum atomic E-state index is 11.6. The summed E-state index contributed by atoms with van der Waals surface area (Å²) in [5, 5.41) is 13.5. The predicted molar refractivity (Wildman–Crippen MR) is 76.3 cm³/mol. The summed E-state index contributed by atoms with van der Waals surface area (Å²) in [7, 11) is 0. The minimum absolute atomic E-state index is 0.0183. The number of carbonyl (C=O) groups is 3. The summed E-state index contributed by atoms with van der Waals surface area (Å²) in [5.41, 5.74) is 0. The van der Waals surface area contributed by atoms with Gasteiger partial charge in [-0.2, -0.15) is 0 Å². The zero-order valence-corrected chi connectivity index (χ0v) is 12.6. The molecule has 0 aromatic heterocycles. The van der Waals surface area contributed by atoms with Gasteiger partial charge in [0, 0.05) is 18.9 Å². The van der Waals surface area contributed by atoms with E-state index in [0.717, 1.165) is 12.8 Å². The predicted octanol–water partition coefficient (Wildman–Crippen LogP) is 2.28. The van der Waals surface area contributed by atoms with E-state index in [0.29, 0.717) is 18.8 Å². The summed E-state index contributed by atoms with van der Waals surface area (Å²) >= 11 is 0. The van der Waals surface area contributed by atoms with Crippen LogP contribution < -0.4 is 10.6 Å². The molecule has 3 N–H and O–H groups in total. The summed E-state index contributed by atoms with van der Waals surface area (Å²) in [4.78, 5) is 33.4. The maximum absolute atomic E-state index is 11.6. The van der Waals surface area contributed by atoms with Gasteiger partial charge < -0.3 is 10.4 Å². The van der Waals surface area contributed by atoms with Gasteiger partial charge in [-0.15, -0.1) is 0 Å². The van der Waals surface area contributed by atoms with Gasteiger partial charge in [0.15, 0.2) is 0 Å². The number of carboxylic acid groups (broad SMARTS) is 1. The number of aliphatic carboxylic acids is 1. The van der Waals surface area contributed by atoms with Crippen LogP contribution in [-0.2, 0) is 9.59 Å². The smallest absolute Gasteiger partial charge is 0.321 e. The highest BCUT2D eigenvalue weighted by atomic mass is 16.4. The first-order valence-electron chi connectivity index (χ1n) is 7.22. The normalized spacial score (nSPS) is 12.0. The van der Waals surface area contributed by atoms with Crippen molar-refractivity contribution in [2.24, 2.45) is 5.92 Å². The lowest BCUT2D eigenvalue weighted by atomic mass is 9.96. The second kappa shape index (κ2) is 10.2. The Balaban J connectivity index is 3.90. The summed E-state index contributed by atoms with van der Waals surface area (Å²) in [6, 6.07) is -0.461. The average Bonchev–Trinajstić information content (AvgIpc) is 2.35. The lowest BCUT2D eigenvalue weighted by Gasteiger charge is -2.22. The first-order valence-corrected chi connectivity index (χ1v) is 7.22. The zero-order valence-electron chi connectivity index (χ0n) is 12.6. The Morgan fingerprint density at radius 2 is 1.60 bits per heavy atom. The van der Waals surface area contributed by atoms with E-state index in [4.69, 9.17) is 5.11 Å². The van der Waals surface area contributed by atoms with E-state index in [2.05, 4.69) is 24.5 Å². The fourth-order valence-electron chi connectivity index (χ4n) is 2.11. The van der Waals surface area contributed by atoms with Gasteiger partial charge in [-0.25, -0.2) is 4.79 Å². The number of hydrogen-bond donors (Lipinski definition) is 3. The van der Waals surface area contributed by atoms with Crippen LogP contribution in [0.4, 0.5) is 4.79 Å². The largest absolute Gasteiger partial charge is 0.481 e. The minimum Gasteiger partial charge on any atom is -0.481 e. The van der Waals surface area contributed by atoms with Crippen molar-refractivity contribution in [1.29, 1.82) is 0 Å². The minimum atomic E-state index is -0.873. The Morgan fingerprint density at radius 3 is 2.10 bits per heavy atom. The quantitative estimate of drug-likeness (QED) is 0.567. The summed E-state index contributed by atoms with van der Waals surface area (Å²) < 4.78 is 0. The van der Waals surface area contributed by atoms with Gasteiger partial charge in [-0.1, -0.05) is 26.7 Å². The molecule has 0 aliphatic rings. The molecule has 1 unspecified atom stereocenters. The van der Waals surface area contributed by atoms with Crippen LogP contribution in [0, 0.1) is 5.92 Å². The van der Waals surface area contributed by atoms with E-state index in [1.807, 2.05) is 6.92 Å². The van der Waals surface area contributed by atoms with Gasteiger partial charge in [-0.05, 0) is 25.7 Å². The molecule has 0 heterocycles. The Kier molecular flexibility index (Phi) is 9.41. The molecule has 0 bridgehead atoms. The lowest BCUT2D eigenvalue weighted by molar-refractivity contribution is -0.137. The number of imide groups is 1. The number of unbranched alkanes of at least 4 members (excludes halogenated alkanes) is 1. The topological polar surface area (TPSA) is 95.5 Å². The van der Waals surface area contributed by atoms with E-state index in [1.54, 1.807) is 0 Å². The Bertz CT molecular complexity index is 327. The highest BCUT2D eigenvalue weighted by Gasteiger charge is 2.16. The maximum Gasteiger partial charge on any atom is 0.321 e. The molecule has 116 valence electrons. The van der Waals surface area contributed by atoms with Crippen LogP contribution in [0.2, 0.25) is 0 Å². The summed E-state index contributed by atoms with van der Waals surface area (Å²) in [6.45, 7) is 6.06. The van der Waals surface area contributed by atoms with Crippen LogP contribution in [0.5, 0.6) is 0 Å². The number of rotatable bonds is 9. The molecule has 1 atom stereocenters. The van der Waals surface area contributed by atoms with Crippen LogP contribution in [0.3, 0.4) is 0 Å². The molecule has 0 saturated heterocycles. The highest BCUT2D eigenvalue weighted by molar-refractivity contribution is 5.94. The molecule has 0 radical (unpaired) electrons. The Hall–Kier alpha value is -1.59. The van der Waals surface area contributed by atoms with Crippen LogP contribution in [0.25, 0.3) is 0 Å². The first-order chi connectivity index (χ1) is 9.40. The molecular weight excluding hydrogens is 260 g/mol. The summed E-state index contributed by atoms with van der Waals surface area (Å²) in [6.07, 6.45) is 3.06. The SMILES string of the molecule is CCC(CC)C(C)NC(=O)NC(=O)CCCCC(=O)O. The molecular formula is C14H26N2O4. The van der Waals surface area contributed by atoms with Crippen molar-refractivity contribution in [2.45, 2.75) is 65.3 Å². The van der Waals surface area contributed by atoms with Gasteiger partial charge in [0.05, 0.1) is 0 Å². The van der Waals surface area contributed by atoms with Crippen LogP contribution in [0.15, 0.2) is 0 Å². The number of amides is 3. The molecule has 6 nitrogen and oxygen atoms in total. The van der Waals surface area contributed by atoms with Crippen molar-refractivity contribution in [3.05, 3.63) is 0 Å². The van der Waals surface area contributed by atoms with Crippen molar-refractivity contribution >= 4 is 17.9 Å². The lowest BCUT2D eigenvalue weighted by Crippen LogP contribution is -2.45. The third-order valence-corrected chi connectivity index (χ3v) is 3.41. The Labute approximate surface area is 120 Å². The van der Waals surface area contributed by atoms with Crippen LogP contribution in [0.1, 0.15) is 59.3 Å². The zero-order chi connectivity index (χ0) is 15.5. The molecule has 0 aromatic carbocycles. The van der Waals surface area contributed by atoms with Gasteiger partial charge in [-0.3, -0.25) is 14.9 Å². The van der Waals surface area contributed by atoms with Crippen molar-refractivity contribution in [3.63, 3.8) is 0 Å². The van der Waals surface area contributed by atoms with Gasteiger partial charge in [0.2, 0.25) is 5.91 Å². The molecule has 0 saturated carbocycles. The molecule has 0 aliphatic carbocycles. The van der Waals surface area contributed by atoms with E-state index in [1.165, 1.54) is 0 Å². The number of carbonyl (C=O) groups excluding carboxylic acids is 2. The molecule has 0 aliphatic heterocycles. The van der Waals surface area contributed by atoms with Crippen molar-refractivity contribution < 1.29 is 19.5 Å². The van der Waals surface area contributed by atoms with Gasteiger partial charge in [0.1, 0.15) is 0 Å². The molecule has 6 heteroatoms. The molecule has 20 heavy (non-hydrogen) atoms. The molecule has 0 rings (SSSR count). The number of hydrogen-bond acceptors (Lipinski definition) is 3. The number of nitrogens with one attached hydrogen (secondary N) is 2. The summed E-state index contributed by atoms with van der Waals surface area (Å²) in [5.74, 6) is -0.849. The van der Waals surface area contributed by atoms with Crippen molar-refractivity contribution in [3.8, 4) is 0 Å². The van der Waals surface area contributed by atoms with Gasteiger partial charge in [0.25, 0.3) is 0 Å². The molecule has 0 fully saturated rings. The van der Waals surface area contributed by atoms with Crippen molar-refractivity contribution in [2.75, 3.05) is 0 Å². The average molecular weight is 286 g/mol. The third kappa shape index (κ3) is 8.50. The van der Waals surface area contributed by atoms with E-state index in [9.17, 15) is 14.4 Å². The third-order valence-electron chi connectivity index (χ3n) is 3.41. The molecule has 0 aromatic rings. The van der Waals surface area contributed by atoms with Crippen LogP contribution in [-0.4, -0.2) is 29.1 Å². The second-order valence-electron chi connectivity index (χ2n) is 4.99. The van der Waals surface area contributed by atoms with Crippen LogP contribution >= 0.6 is 0 Å². The Morgan fingerprint density at radius 1 is 1.05 bits per heavy atom. The number of carboxylic acids is 1. The van der Waals surface area contributed by atoms with Crippen molar-refractivity contribution in [1.82, 2.24) is 10.6 Å². The molecule has 3 amide bonds. The monoisotopic (exact) mass is 286 g/mol. The van der Waals surface area contributed by atoms with E-state index in [-0.39, 0.29) is 24.8 Å². The molecule has 0 spiro atoms. The first kappa shape index (κ1) is 18.4. The second-order valence-corrected chi connectivity index (χ2v) is 4.99. The standard InChI is InChI=1S/C14H26N2O4/c1-4-11(5-2)10(3)15-14(20)16-12(17)8-6-7-9-13(18)19/h10-11H,4-9H2,1-3H3,(H,18,19)(H2,15,16,17,20). The fraction of sp³-hybridized carbons (Fsp3) is 0.786. The highest BCUT2D eigenvalue weighted by Crippen LogP contribution is 2.12. The van der Waals surface area contributed by atoms with E-state index >= 15 is 0 Å². The van der Waals surface area contributed by atoms with Gasteiger partial charge >= 0.3 is 12.0 Å². The number of urea groups is 1. The van der Waals surface area contributed by atoms with E-state index < -0.39 is 12.0 Å². The fourth-order valence-corrected chi connectivity index (χ4v) is 2.11.